The Balaban J connectivity index is 0.00000288. The normalized spacial score (nSPS) is 10.8. The summed E-state index contributed by atoms with van der Waals surface area (Å²) in [6.45, 7) is 7.45. The minimum Gasteiger partial charge on any atom is -0.492 e. The number of rotatable bonds is 8. The molecule has 8 heteroatoms. The Labute approximate surface area is 159 Å². The summed E-state index contributed by atoms with van der Waals surface area (Å²) < 4.78 is 7.63. The molecular weight excluding hydrogens is 419 g/mol. The molecule has 7 nitrogen and oxygen atoms in total. The number of hydrogen-bond acceptors (Lipinski definition) is 4. The van der Waals surface area contributed by atoms with Crippen molar-refractivity contribution in [3.63, 3.8) is 0 Å². The Morgan fingerprint density at radius 1 is 1.21 bits per heavy atom. The molecule has 1 heterocycles. The van der Waals surface area contributed by atoms with Crippen LogP contribution in [-0.2, 0) is 13.1 Å². The number of nitrogens with zero attached hydrogens (tertiary/aromatic N) is 4. The molecule has 0 amide bonds. The highest BCUT2D eigenvalue weighted by atomic mass is 127. The summed E-state index contributed by atoms with van der Waals surface area (Å²) in [5, 5.41) is 14.4. The number of aliphatic imine (C=N–C) groups is 1. The van der Waals surface area contributed by atoms with Crippen LogP contribution in [0.15, 0.2) is 41.7 Å². The summed E-state index contributed by atoms with van der Waals surface area (Å²) in [6.07, 6.45) is 1.72. The fourth-order valence-electron chi connectivity index (χ4n) is 2.01. The van der Waals surface area contributed by atoms with Crippen LogP contribution in [-0.4, -0.2) is 40.4 Å². The van der Waals surface area contributed by atoms with Gasteiger partial charge in [0, 0.05) is 13.1 Å². The summed E-state index contributed by atoms with van der Waals surface area (Å²) in [4.78, 5) is 4.52. The van der Waals surface area contributed by atoms with E-state index in [4.69, 9.17) is 4.74 Å². The molecule has 0 bridgehead atoms. The number of hydrogen-bond donors (Lipinski definition) is 2. The number of guanidine groups is 1. The first kappa shape index (κ1) is 20.2. The number of ether oxygens (including phenoxy) is 1. The van der Waals surface area contributed by atoms with E-state index in [9.17, 15) is 0 Å². The Morgan fingerprint density at radius 2 is 2.00 bits per heavy atom. The maximum Gasteiger partial charge on any atom is 0.191 e. The zero-order valence-corrected chi connectivity index (χ0v) is 16.4. The lowest BCUT2D eigenvalue weighted by molar-refractivity contribution is 0.322. The van der Waals surface area contributed by atoms with Gasteiger partial charge in [0.1, 0.15) is 25.2 Å². The van der Waals surface area contributed by atoms with Crippen LogP contribution in [0.2, 0.25) is 0 Å². The zero-order valence-electron chi connectivity index (χ0n) is 14.1. The van der Waals surface area contributed by atoms with E-state index in [1.165, 1.54) is 0 Å². The van der Waals surface area contributed by atoms with Crippen molar-refractivity contribution >= 4 is 29.9 Å². The average molecular weight is 444 g/mol. The van der Waals surface area contributed by atoms with Crippen molar-refractivity contribution in [2.75, 3.05) is 19.7 Å². The van der Waals surface area contributed by atoms with E-state index in [-0.39, 0.29) is 24.0 Å². The predicted molar refractivity (Wildman–Crippen MR) is 106 cm³/mol. The van der Waals surface area contributed by atoms with Gasteiger partial charge in [-0.2, -0.15) is 0 Å². The lowest BCUT2D eigenvalue weighted by Crippen LogP contribution is -2.39. The van der Waals surface area contributed by atoms with Crippen molar-refractivity contribution in [2.45, 2.75) is 26.9 Å². The summed E-state index contributed by atoms with van der Waals surface area (Å²) in [6, 6.07) is 9.76. The van der Waals surface area contributed by atoms with Gasteiger partial charge in [0.25, 0.3) is 0 Å². The van der Waals surface area contributed by atoms with Crippen LogP contribution in [0.3, 0.4) is 0 Å². The molecule has 0 fully saturated rings. The molecule has 0 aliphatic carbocycles. The number of aryl methyl sites for hydroxylation is 1. The molecule has 0 atom stereocenters. The quantitative estimate of drug-likeness (QED) is 0.282. The Hall–Kier alpha value is -1.84. The standard InChI is InChI=1S/C16H24N6O.HI/c1-3-17-16(19-12-15-21-20-13-22(15)4-2)18-10-11-23-14-8-6-5-7-9-14;/h5-9,13H,3-4,10-12H2,1-2H3,(H2,17,18,19);1H. The third-order valence-electron chi connectivity index (χ3n) is 3.17. The van der Waals surface area contributed by atoms with Gasteiger partial charge in [-0.1, -0.05) is 18.2 Å². The number of para-hydroxylation sites is 1. The van der Waals surface area contributed by atoms with Crippen LogP contribution in [0.5, 0.6) is 5.75 Å². The second kappa shape index (κ2) is 11.7. The highest BCUT2D eigenvalue weighted by Crippen LogP contribution is 2.07. The van der Waals surface area contributed by atoms with Gasteiger partial charge >= 0.3 is 0 Å². The number of benzene rings is 1. The number of halogens is 1. The maximum absolute atomic E-state index is 5.65. The summed E-state index contributed by atoms with van der Waals surface area (Å²) >= 11 is 0. The van der Waals surface area contributed by atoms with Crippen molar-refractivity contribution in [3.8, 4) is 5.75 Å². The SMILES string of the molecule is CCNC(=NCc1nncn1CC)NCCOc1ccccc1.I. The summed E-state index contributed by atoms with van der Waals surface area (Å²) in [5.41, 5.74) is 0. The molecular formula is C16H25IN6O. The smallest absolute Gasteiger partial charge is 0.191 e. The average Bonchev–Trinajstić information content (AvgIpc) is 3.05. The van der Waals surface area contributed by atoms with E-state index in [0.29, 0.717) is 19.7 Å². The third kappa shape index (κ3) is 6.73. The molecule has 0 saturated carbocycles. The molecule has 132 valence electrons. The number of nitrogens with one attached hydrogen (secondary N) is 2. The van der Waals surface area contributed by atoms with Gasteiger partial charge in [0.2, 0.25) is 0 Å². The highest BCUT2D eigenvalue weighted by Gasteiger charge is 2.03. The lowest BCUT2D eigenvalue weighted by Gasteiger charge is -2.12. The first-order valence-electron chi connectivity index (χ1n) is 7.90. The second-order valence-electron chi connectivity index (χ2n) is 4.82. The van der Waals surface area contributed by atoms with E-state index in [0.717, 1.165) is 30.6 Å². The van der Waals surface area contributed by atoms with Crippen molar-refractivity contribution in [2.24, 2.45) is 4.99 Å². The molecule has 2 aromatic rings. The van der Waals surface area contributed by atoms with E-state index in [1.807, 2.05) is 41.8 Å². The zero-order chi connectivity index (χ0) is 16.3. The molecule has 0 aliphatic heterocycles. The minimum absolute atomic E-state index is 0. The molecule has 0 radical (unpaired) electrons. The van der Waals surface area contributed by atoms with E-state index in [1.54, 1.807) is 6.33 Å². The molecule has 1 aromatic heterocycles. The predicted octanol–water partition coefficient (Wildman–Crippen LogP) is 2.05. The molecule has 0 saturated heterocycles. The van der Waals surface area contributed by atoms with Crippen LogP contribution < -0.4 is 15.4 Å². The molecule has 24 heavy (non-hydrogen) atoms. The Kier molecular flexibility index (Phi) is 9.81. The van der Waals surface area contributed by atoms with E-state index < -0.39 is 0 Å². The van der Waals surface area contributed by atoms with Crippen LogP contribution in [0.25, 0.3) is 0 Å². The van der Waals surface area contributed by atoms with Crippen molar-refractivity contribution in [1.82, 2.24) is 25.4 Å². The van der Waals surface area contributed by atoms with Crippen molar-refractivity contribution in [1.29, 1.82) is 0 Å². The fourth-order valence-corrected chi connectivity index (χ4v) is 2.01. The van der Waals surface area contributed by atoms with Crippen LogP contribution in [0.1, 0.15) is 19.7 Å². The molecule has 0 spiro atoms. The number of aromatic nitrogens is 3. The summed E-state index contributed by atoms with van der Waals surface area (Å²) in [7, 11) is 0. The Morgan fingerprint density at radius 3 is 2.71 bits per heavy atom. The van der Waals surface area contributed by atoms with Crippen molar-refractivity contribution < 1.29 is 4.74 Å². The van der Waals surface area contributed by atoms with Crippen LogP contribution in [0, 0.1) is 0 Å². The second-order valence-corrected chi connectivity index (χ2v) is 4.82. The lowest BCUT2D eigenvalue weighted by atomic mass is 10.3. The van der Waals surface area contributed by atoms with Crippen molar-refractivity contribution in [3.05, 3.63) is 42.5 Å². The van der Waals surface area contributed by atoms with Gasteiger partial charge in [-0.15, -0.1) is 34.2 Å². The molecule has 0 aliphatic rings. The minimum atomic E-state index is 0. The van der Waals surface area contributed by atoms with E-state index >= 15 is 0 Å². The van der Waals surface area contributed by atoms with Gasteiger partial charge in [-0.05, 0) is 26.0 Å². The highest BCUT2D eigenvalue weighted by molar-refractivity contribution is 14.0. The first-order valence-corrected chi connectivity index (χ1v) is 7.90. The van der Waals surface area contributed by atoms with E-state index in [2.05, 4.69) is 32.7 Å². The molecule has 2 N–H and O–H groups in total. The molecule has 2 rings (SSSR count). The van der Waals surface area contributed by atoms with Gasteiger partial charge in [-0.25, -0.2) is 4.99 Å². The van der Waals surface area contributed by atoms with Crippen LogP contribution >= 0.6 is 24.0 Å². The molecule has 0 unspecified atom stereocenters. The van der Waals surface area contributed by atoms with Gasteiger partial charge < -0.3 is 19.9 Å². The third-order valence-corrected chi connectivity index (χ3v) is 3.17. The first-order chi connectivity index (χ1) is 11.3. The van der Waals surface area contributed by atoms with Gasteiger partial charge in [0.05, 0.1) is 6.54 Å². The van der Waals surface area contributed by atoms with Gasteiger partial charge in [0.15, 0.2) is 11.8 Å². The largest absolute Gasteiger partial charge is 0.492 e. The fraction of sp³-hybridized carbons (Fsp3) is 0.438. The molecule has 1 aromatic carbocycles. The summed E-state index contributed by atoms with van der Waals surface area (Å²) in [5.74, 6) is 2.47. The topological polar surface area (TPSA) is 76.4 Å². The maximum atomic E-state index is 5.65. The Bertz CT molecular complexity index is 602. The van der Waals surface area contributed by atoms with Gasteiger partial charge in [-0.3, -0.25) is 0 Å². The van der Waals surface area contributed by atoms with Crippen LogP contribution in [0.4, 0.5) is 0 Å². The monoisotopic (exact) mass is 444 g/mol.